The lowest BCUT2D eigenvalue weighted by atomic mass is 10.0. The number of hydrogen-bond acceptors (Lipinski definition) is 3. The number of aliphatic hydroxyl groups excluding tert-OH is 1. The van der Waals surface area contributed by atoms with Crippen molar-refractivity contribution < 1.29 is 5.11 Å². The largest absolute Gasteiger partial charge is 0.388 e. The summed E-state index contributed by atoms with van der Waals surface area (Å²) in [4.78, 5) is 8.75. The van der Waals surface area contributed by atoms with Crippen molar-refractivity contribution in [2.75, 3.05) is 0 Å². The van der Waals surface area contributed by atoms with E-state index in [0.717, 1.165) is 28.1 Å². The summed E-state index contributed by atoms with van der Waals surface area (Å²) in [6.07, 6.45) is 3.61. The Balaban J connectivity index is 1.83. The molecule has 0 fully saturated rings. The van der Waals surface area contributed by atoms with Crippen molar-refractivity contribution in [3.8, 4) is 11.4 Å². The monoisotopic (exact) mass is 290 g/mol. The van der Waals surface area contributed by atoms with Crippen molar-refractivity contribution >= 4 is 0 Å². The number of aromatic nitrogens is 2. The van der Waals surface area contributed by atoms with Gasteiger partial charge in [-0.3, -0.25) is 9.97 Å². The van der Waals surface area contributed by atoms with Gasteiger partial charge in [0.25, 0.3) is 0 Å². The zero-order valence-corrected chi connectivity index (χ0v) is 12.5. The van der Waals surface area contributed by atoms with Gasteiger partial charge in [-0.15, -0.1) is 0 Å². The third-order valence-electron chi connectivity index (χ3n) is 3.62. The van der Waals surface area contributed by atoms with Crippen LogP contribution >= 0.6 is 0 Å². The quantitative estimate of drug-likeness (QED) is 0.796. The van der Waals surface area contributed by atoms with Gasteiger partial charge in [-0.05, 0) is 47.9 Å². The van der Waals surface area contributed by atoms with Crippen molar-refractivity contribution in [2.24, 2.45) is 0 Å². The molecule has 2 heterocycles. The second kappa shape index (κ2) is 6.50. The molecule has 0 aliphatic carbocycles. The molecule has 0 spiro atoms. The minimum atomic E-state index is -0.512. The summed E-state index contributed by atoms with van der Waals surface area (Å²) in [6.45, 7) is 2.04. The molecule has 0 saturated heterocycles. The maximum absolute atomic E-state index is 10.3. The molecule has 3 heteroatoms. The van der Waals surface area contributed by atoms with Crippen LogP contribution in [-0.2, 0) is 6.42 Å². The highest BCUT2D eigenvalue weighted by atomic mass is 16.3. The van der Waals surface area contributed by atoms with E-state index in [1.54, 1.807) is 12.4 Å². The molecule has 2 aromatic heterocycles. The van der Waals surface area contributed by atoms with Crippen molar-refractivity contribution in [1.82, 2.24) is 9.97 Å². The summed E-state index contributed by atoms with van der Waals surface area (Å²) in [5, 5.41) is 10.3. The van der Waals surface area contributed by atoms with Crippen LogP contribution in [0.2, 0.25) is 0 Å². The van der Waals surface area contributed by atoms with E-state index < -0.39 is 6.10 Å². The molecule has 0 saturated carbocycles. The molecular formula is C19H18N2O. The van der Waals surface area contributed by atoms with Gasteiger partial charge in [-0.1, -0.05) is 30.3 Å². The van der Waals surface area contributed by atoms with Gasteiger partial charge in [0.15, 0.2) is 0 Å². The second-order valence-corrected chi connectivity index (χ2v) is 5.40. The van der Waals surface area contributed by atoms with Crippen molar-refractivity contribution in [3.05, 3.63) is 83.7 Å². The zero-order valence-electron chi connectivity index (χ0n) is 12.5. The molecular weight excluding hydrogens is 272 g/mol. The first-order valence-corrected chi connectivity index (χ1v) is 7.33. The summed E-state index contributed by atoms with van der Waals surface area (Å²) in [7, 11) is 0. The van der Waals surface area contributed by atoms with Crippen LogP contribution in [0.25, 0.3) is 11.4 Å². The summed E-state index contributed by atoms with van der Waals surface area (Å²) < 4.78 is 0. The van der Waals surface area contributed by atoms with Gasteiger partial charge in [-0.25, -0.2) is 0 Å². The van der Waals surface area contributed by atoms with E-state index in [-0.39, 0.29) is 0 Å². The predicted molar refractivity (Wildman–Crippen MR) is 87.3 cm³/mol. The Bertz CT molecular complexity index is 756. The maximum Gasteiger partial charge on any atom is 0.0888 e. The van der Waals surface area contributed by atoms with Gasteiger partial charge in [0.1, 0.15) is 0 Å². The van der Waals surface area contributed by atoms with E-state index in [1.807, 2.05) is 61.5 Å². The third kappa shape index (κ3) is 3.38. The van der Waals surface area contributed by atoms with Gasteiger partial charge in [-0.2, -0.15) is 0 Å². The standard InChI is InChI=1S/C19H18N2O/c1-14-7-9-20-17(11-14)18-12-15(8-10-21-18)13-19(22)16-5-3-2-4-6-16/h2-12,19,22H,13H2,1H3. The summed E-state index contributed by atoms with van der Waals surface area (Å²) in [5.41, 5.74) is 4.82. The van der Waals surface area contributed by atoms with Crippen LogP contribution in [0, 0.1) is 6.92 Å². The molecule has 0 bridgehead atoms. The van der Waals surface area contributed by atoms with Crippen molar-refractivity contribution in [3.63, 3.8) is 0 Å². The van der Waals surface area contributed by atoms with Crippen molar-refractivity contribution in [2.45, 2.75) is 19.4 Å². The first-order valence-electron chi connectivity index (χ1n) is 7.33. The van der Waals surface area contributed by atoms with Crippen LogP contribution in [0.15, 0.2) is 67.0 Å². The molecule has 3 aromatic rings. The highest BCUT2D eigenvalue weighted by molar-refractivity contribution is 5.55. The van der Waals surface area contributed by atoms with Gasteiger partial charge in [0, 0.05) is 18.8 Å². The number of aryl methyl sites for hydroxylation is 1. The minimum Gasteiger partial charge on any atom is -0.388 e. The molecule has 0 aliphatic rings. The Hall–Kier alpha value is -2.52. The van der Waals surface area contributed by atoms with Gasteiger partial charge in [0.2, 0.25) is 0 Å². The molecule has 1 N–H and O–H groups in total. The Labute approximate surface area is 130 Å². The molecule has 1 atom stereocenters. The highest BCUT2D eigenvalue weighted by Gasteiger charge is 2.09. The highest BCUT2D eigenvalue weighted by Crippen LogP contribution is 2.21. The van der Waals surface area contributed by atoms with Crippen molar-refractivity contribution in [1.29, 1.82) is 0 Å². The lowest BCUT2D eigenvalue weighted by Gasteiger charge is -2.11. The number of aliphatic hydroxyl groups is 1. The van der Waals surface area contributed by atoms with Gasteiger partial charge in [0.05, 0.1) is 17.5 Å². The molecule has 0 aliphatic heterocycles. The topological polar surface area (TPSA) is 46.0 Å². The molecule has 1 aromatic carbocycles. The normalized spacial score (nSPS) is 12.1. The summed E-state index contributed by atoms with van der Waals surface area (Å²) in [6, 6.07) is 17.6. The molecule has 110 valence electrons. The summed E-state index contributed by atoms with van der Waals surface area (Å²) >= 11 is 0. The van der Waals surface area contributed by atoms with E-state index in [2.05, 4.69) is 9.97 Å². The number of rotatable bonds is 4. The minimum absolute atomic E-state index is 0.512. The Morgan fingerprint density at radius 3 is 2.32 bits per heavy atom. The Kier molecular flexibility index (Phi) is 4.26. The first-order chi connectivity index (χ1) is 10.7. The lowest BCUT2D eigenvalue weighted by Crippen LogP contribution is -2.02. The smallest absolute Gasteiger partial charge is 0.0888 e. The molecule has 3 rings (SSSR count). The van der Waals surface area contributed by atoms with E-state index in [1.165, 1.54) is 0 Å². The zero-order chi connectivity index (χ0) is 15.4. The first kappa shape index (κ1) is 14.4. The maximum atomic E-state index is 10.3. The third-order valence-corrected chi connectivity index (χ3v) is 3.62. The number of pyridine rings is 2. The average Bonchev–Trinajstić information content (AvgIpc) is 2.56. The number of benzene rings is 1. The fourth-order valence-corrected chi connectivity index (χ4v) is 2.43. The van der Waals surface area contributed by atoms with Crippen LogP contribution in [0.3, 0.4) is 0 Å². The predicted octanol–water partition coefficient (Wildman–Crippen LogP) is 3.73. The van der Waals surface area contributed by atoms with Gasteiger partial charge < -0.3 is 5.11 Å². The van der Waals surface area contributed by atoms with E-state index in [4.69, 9.17) is 0 Å². The van der Waals surface area contributed by atoms with Crippen LogP contribution in [0.1, 0.15) is 22.8 Å². The molecule has 0 radical (unpaired) electrons. The average molecular weight is 290 g/mol. The second-order valence-electron chi connectivity index (χ2n) is 5.40. The van der Waals surface area contributed by atoms with Crippen LogP contribution in [-0.4, -0.2) is 15.1 Å². The number of nitrogens with zero attached hydrogens (tertiary/aromatic N) is 2. The van der Waals surface area contributed by atoms with E-state index >= 15 is 0 Å². The molecule has 3 nitrogen and oxygen atoms in total. The molecule has 22 heavy (non-hydrogen) atoms. The molecule has 1 unspecified atom stereocenters. The fourth-order valence-electron chi connectivity index (χ4n) is 2.43. The lowest BCUT2D eigenvalue weighted by molar-refractivity contribution is 0.178. The van der Waals surface area contributed by atoms with Crippen LogP contribution in [0.5, 0.6) is 0 Å². The Morgan fingerprint density at radius 1 is 0.909 bits per heavy atom. The fraction of sp³-hybridized carbons (Fsp3) is 0.158. The van der Waals surface area contributed by atoms with Crippen LogP contribution in [0.4, 0.5) is 0 Å². The Morgan fingerprint density at radius 2 is 1.59 bits per heavy atom. The van der Waals surface area contributed by atoms with E-state index in [0.29, 0.717) is 6.42 Å². The SMILES string of the molecule is Cc1ccnc(-c2cc(CC(O)c3ccccc3)ccn2)c1. The van der Waals surface area contributed by atoms with E-state index in [9.17, 15) is 5.11 Å². The van der Waals surface area contributed by atoms with Crippen LogP contribution < -0.4 is 0 Å². The summed E-state index contributed by atoms with van der Waals surface area (Å²) in [5.74, 6) is 0. The molecule has 0 amide bonds. The van der Waals surface area contributed by atoms with Gasteiger partial charge >= 0.3 is 0 Å². The number of hydrogen-bond donors (Lipinski definition) is 1.